The van der Waals surface area contributed by atoms with Crippen molar-refractivity contribution in [1.82, 2.24) is 14.1 Å². The first-order valence-corrected chi connectivity index (χ1v) is 21.9. The van der Waals surface area contributed by atoms with Crippen LogP contribution in [0.4, 0.5) is 17.1 Å². The highest BCUT2D eigenvalue weighted by Gasteiger charge is 2.43. The minimum atomic E-state index is -0.0157. The van der Waals surface area contributed by atoms with Crippen LogP contribution in [0.3, 0.4) is 0 Å². The predicted octanol–water partition coefficient (Wildman–Crippen LogP) is 12.6. The zero-order valence-corrected chi connectivity index (χ0v) is 36.4. The van der Waals surface area contributed by atoms with E-state index in [1.54, 1.807) is 0 Å². The zero-order valence-electron chi connectivity index (χ0n) is 36.4. The molecule has 5 heteroatoms. The molecule has 62 heavy (non-hydrogen) atoms. The minimum absolute atomic E-state index is 0.0157. The maximum atomic E-state index is 5.77. The molecule has 10 aromatic rings. The number of hydrogen-bond acceptors (Lipinski definition) is 2. The first-order valence-electron chi connectivity index (χ1n) is 21.9. The Bertz CT molecular complexity index is 3410. The third-order valence-electron chi connectivity index (χ3n) is 13.8. The molecule has 4 heterocycles. The molecule has 0 unspecified atom stereocenters. The van der Waals surface area contributed by atoms with E-state index >= 15 is 0 Å². The van der Waals surface area contributed by atoms with Gasteiger partial charge in [-0.2, -0.15) is 0 Å². The summed E-state index contributed by atoms with van der Waals surface area (Å²) in [6, 6.07) is 59.0. The monoisotopic (exact) mass is 798 g/mol. The lowest BCUT2D eigenvalue weighted by Crippen LogP contribution is -2.60. The second-order valence-electron chi connectivity index (χ2n) is 18.6. The Balaban J connectivity index is 1.19. The van der Waals surface area contributed by atoms with Gasteiger partial charge >= 0.3 is 0 Å². The van der Waals surface area contributed by atoms with Crippen molar-refractivity contribution in [3.8, 4) is 33.9 Å². The number of nitrogens with zero attached hydrogens (tertiary/aromatic N) is 4. The van der Waals surface area contributed by atoms with E-state index in [4.69, 9.17) is 4.98 Å². The topological polar surface area (TPSA) is 26.0 Å². The van der Waals surface area contributed by atoms with Crippen LogP contribution in [-0.4, -0.2) is 20.8 Å². The van der Waals surface area contributed by atoms with E-state index in [1.807, 2.05) is 0 Å². The third-order valence-corrected chi connectivity index (χ3v) is 13.8. The van der Waals surface area contributed by atoms with Crippen molar-refractivity contribution in [3.05, 3.63) is 186 Å². The van der Waals surface area contributed by atoms with E-state index in [0.717, 1.165) is 22.7 Å². The van der Waals surface area contributed by atoms with Crippen LogP contribution >= 0.6 is 0 Å². The van der Waals surface area contributed by atoms with Crippen molar-refractivity contribution in [2.45, 2.75) is 53.9 Å². The summed E-state index contributed by atoms with van der Waals surface area (Å²) in [7, 11) is 0. The van der Waals surface area contributed by atoms with E-state index in [-0.39, 0.29) is 12.1 Å². The van der Waals surface area contributed by atoms with E-state index in [1.165, 1.54) is 105 Å². The molecule has 0 spiro atoms. The van der Waals surface area contributed by atoms with Crippen LogP contribution in [0.25, 0.3) is 66.7 Å². The number of hydrogen-bond donors (Lipinski definition) is 0. The van der Waals surface area contributed by atoms with Crippen LogP contribution in [0.15, 0.2) is 158 Å². The van der Waals surface area contributed by atoms with Gasteiger partial charge in [0.1, 0.15) is 5.82 Å². The van der Waals surface area contributed by atoms with Crippen LogP contribution < -0.4 is 21.3 Å². The molecule has 0 aliphatic carbocycles. The number of aromatic nitrogens is 3. The van der Waals surface area contributed by atoms with Crippen molar-refractivity contribution in [2.75, 3.05) is 4.90 Å². The molecule has 298 valence electrons. The fourth-order valence-electron chi connectivity index (χ4n) is 11.0. The molecular weight excluding hydrogens is 751 g/mol. The quantitative estimate of drug-likeness (QED) is 0.166. The highest BCUT2D eigenvalue weighted by molar-refractivity contribution is 7.00. The summed E-state index contributed by atoms with van der Waals surface area (Å²) in [5, 5.41) is 2.52. The number of imidazole rings is 1. The minimum Gasteiger partial charge on any atom is -0.311 e. The molecule has 2 aliphatic heterocycles. The summed E-state index contributed by atoms with van der Waals surface area (Å²) >= 11 is 0. The second-order valence-corrected chi connectivity index (χ2v) is 18.6. The van der Waals surface area contributed by atoms with E-state index in [0.29, 0.717) is 0 Å². The first-order chi connectivity index (χ1) is 30.1. The van der Waals surface area contributed by atoms with Crippen LogP contribution in [0, 0.1) is 27.7 Å². The molecule has 4 nitrogen and oxygen atoms in total. The lowest BCUT2D eigenvalue weighted by molar-refractivity contribution is 0.590. The van der Waals surface area contributed by atoms with Crippen LogP contribution in [0.1, 0.15) is 48.6 Å². The van der Waals surface area contributed by atoms with Gasteiger partial charge in [-0.3, -0.25) is 4.57 Å². The van der Waals surface area contributed by atoms with Gasteiger partial charge in [0.15, 0.2) is 0 Å². The SMILES string of the molecule is Cc1cccc(C)c1-c1ccc2c3c1nc(-c1c(C)cccc1C)n3-c1cccc3c1B2c1ccc(-n2c4ccccc4c4ccccc42)cc1N3c1ccc(C(C)(C)C)cc1. The number of fused-ring (bicyclic) bond motifs is 7. The maximum Gasteiger partial charge on any atom is 0.252 e. The van der Waals surface area contributed by atoms with Gasteiger partial charge in [-0.05, 0) is 131 Å². The number of benzene rings is 8. The van der Waals surface area contributed by atoms with Gasteiger partial charge in [0, 0.05) is 50.3 Å². The van der Waals surface area contributed by atoms with Gasteiger partial charge in [-0.1, -0.05) is 130 Å². The Morgan fingerprint density at radius 3 is 1.69 bits per heavy atom. The zero-order chi connectivity index (χ0) is 42.2. The summed E-state index contributed by atoms with van der Waals surface area (Å²) < 4.78 is 4.95. The lowest BCUT2D eigenvalue weighted by atomic mass is 9.33. The van der Waals surface area contributed by atoms with Crippen molar-refractivity contribution in [1.29, 1.82) is 0 Å². The van der Waals surface area contributed by atoms with Crippen LogP contribution in [-0.2, 0) is 5.41 Å². The van der Waals surface area contributed by atoms with Gasteiger partial charge in [-0.15, -0.1) is 0 Å². The van der Waals surface area contributed by atoms with Gasteiger partial charge in [-0.25, -0.2) is 4.98 Å². The third kappa shape index (κ3) is 5.11. The smallest absolute Gasteiger partial charge is 0.252 e. The average molecular weight is 799 g/mol. The molecule has 0 radical (unpaired) electrons. The predicted molar refractivity (Wildman–Crippen MR) is 263 cm³/mol. The van der Waals surface area contributed by atoms with E-state index in [2.05, 4.69) is 220 Å². The fraction of sp³-hybridized carbons (Fsp3) is 0.140. The molecule has 8 aromatic carbocycles. The van der Waals surface area contributed by atoms with Crippen molar-refractivity contribution >= 4 is 73.0 Å². The maximum absolute atomic E-state index is 5.77. The number of rotatable bonds is 4. The normalized spacial score (nSPS) is 13.0. The molecule has 0 amide bonds. The van der Waals surface area contributed by atoms with E-state index in [9.17, 15) is 0 Å². The van der Waals surface area contributed by atoms with Gasteiger partial charge in [0.25, 0.3) is 6.71 Å². The molecule has 2 aliphatic rings. The Morgan fingerprint density at radius 2 is 1.05 bits per heavy atom. The van der Waals surface area contributed by atoms with Crippen LogP contribution in [0.2, 0.25) is 0 Å². The number of aryl methyl sites for hydroxylation is 4. The highest BCUT2D eigenvalue weighted by atomic mass is 15.2. The Kier molecular flexibility index (Phi) is 7.82. The van der Waals surface area contributed by atoms with Gasteiger partial charge in [0.05, 0.1) is 22.1 Å². The van der Waals surface area contributed by atoms with E-state index < -0.39 is 0 Å². The summed E-state index contributed by atoms with van der Waals surface area (Å²) in [5.74, 6) is 0.996. The molecule has 0 atom stereocenters. The molecule has 2 aromatic heterocycles. The molecule has 0 fully saturated rings. The molecular formula is C57H47BN4. The van der Waals surface area contributed by atoms with Crippen molar-refractivity contribution < 1.29 is 0 Å². The fourth-order valence-corrected chi connectivity index (χ4v) is 11.0. The summed E-state index contributed by atoms with van der Waals surface area (Å²) in [4.78, 5) is 8.30. The van der Waals surface area contributed by atoms with Crippen LogP contribution in [0.5, 0.6) is 0 Å². The number of anilines is 3. The molecule has 0 saturated carbocycles. The van der Waals surface area contributed by atoms with Crippen molar-refractivity contribution in [3.63, 3.8) is 0 Å². The number of para-hydroxylation sites is 2. The standard InChI is InChI=1S/C57H47BN4/c1-34-15-12-16-35(2)51(34)43-30-32-45-55-54(43)59-56(52-36(3)17-13-18-37(52)4)62(55)49-24-14-23-48-53(49)58(45)44-31-29-40(33-50(44)60(48)39-27-25-38(26-28-39)57(5,6)7)61-46-21-10-8-19-41(46)42-20-9-11-22-47(42)61/h8-33H,1-7H3. The summed E-state index contributed by atoms with van der Waals surface area (Å²) in [6.45, 7) is 15.8. The van der Waals surface area contributed by atoms with Gasteiger partial charge < -0.3 is 9.47 Å². The molecule has 0 saturated heterocycles. The second kappa shape index (κ2) is 13.2. The molecule has 0 bridgehead atoms. The first kappa shape index (κ1) is 36.7. The summed E-state index contributed by atoms with van der Waals surface area (Å²) in [5.41, 5.74) is 24.4. The Labute approximate surface area is 363 Å². The molecule has 12 rings (SSSR count). The Hall–Kier alpha value is -7.11. The van der Waals surface area contributed by atoms with Crippen molar-refractivity contribution in [2.24, 2.45) is 0 Å². The average Bonchev–Trinajstić information content (AvgIpc) is 3.82. The largest absolute Gasteiger partial charge is 0.311 e. The lowest BCUT2D eigenvalue weighted by Gasteiger charge is -2.40. The molecule has 0 N–H and O–H groups in total. The summed E-state index contributed by atoms with van der Waals surface area (Å²) in [6.07, 6.45) is 0. The highest BCUT2D eigenvalue weighted by Crippen LogP contribution is 2.45. The Morgan fingerprint density at radius 1 is 0.484 bits per heavy atom. The van der Waals surface area contributed by atoms with Gasteiger partial charge in [0.2, 0.25) is 0 Å².